The molecule has 0 bridgehead atoms. The second-order valence-corrected chi connectivity index (χ2v) is 5.72. The summed E-state index contributed by atoms with van der Waals surface area (Å²) in [5.41, 5.74) is -0.303. The largest absolute Gasteiger partial charge is 0.304 e. The lowest BCUT2D eigenvalue weighted by Gasteiger charge is -2.33. The van der Waals surface area contributed by atoms with Crippen LogP contribution in [0.2, 0.25) is 0 Å². The molecule has 0 saturated carbocycles. The molecule has 1 aliphatic heterocycles. The van der Waals surface area contributed by atoms with Crippen LogP contribution in [0.25, 0.3) is 0 Å². The van der Waals surface area contributed by atoms with Gasteiger partial charge in [0.05, 0.1) is 6.07 Å². The van der Waals surface area contributed by atoms with Gasteiger partial charge in [0.2, 0.25) is 0 Å². The number of hydrogen-bond donors (Lipinski definition) is 1. The summed E-state index contributed by atoms with van der Waals surface area (Å²) in [6, 6.07) is 2.51. The van der Waals surface area contributed by atoms with Crippen molar-refractivity contribution in [2.75, 3.05) is 46.3 Å². The first-order chi connectivity index (χ1) is 9.15. The molecule has 1 heterocycles. The van der Waals surface area contributed by atoms with Crippen molar-refractivity contribution < 1.29 is 0 Å². The molecule has 1 N–H and O–H groups in total. The third-order valence-electron chi connectivity index (χ3n) is 4.20. The highest BCUT2D eigenvalue weighted by atomic mass is 15.2. The summed E-state index contributed by atoms with van der Waals surface area (Å²) in [5.74, 6) is 0. The number of likely N-dealkylation sites (N-methyl/N-ethyl adjacent to an activating group) is 1. The Morgan fingerprint density at radius 1 is 1.21 bits per heavy atom. The Hall–Kier alpha value is -0.630. The zero-order valence-corrected chi connectivity index (χ0v) is 12.9. The first-order valence-corrected chi connectivity index (χ1v) is 7.73. The molecule has 0 aromatic rings. The van der Waals surface area contributed by atoms with Crippen LogP contribution in [0.4, 0.5) is 0 Å². The summed E-state index contributed by atoms with van der Waals surface area (Å²) < 4.78 is 0. The normalized spacial score (nSPS) is 20.9. The number of nitrogens with zero attached hydrogens (tertiary/aromatic N) is 3. The Morgan fingerprint density at radius 3 is 2.42 bits per heavy atom. The molecule has 1 saturated heterocycles. The summed E-state index contributed by atoms with van der Waals surface area (Å²) >= 11 is 0. The minimum Gasteiger partial charge on any atom is -0.304 e. The Bertz CT molecular complexity index is 278. The first-order valence-electron chi connectivity index (χ1n) is 7.73. The predicted octanol–water partition coefficient (Wildman–Crippen LogP) is 1.69. The lowest BCUT2D eigenvalue weighted by atomic mass is 9.91. The van der Waals surface area contributed by atoms with Gasteiger partial charge in [0.15, 0.2) is 0 Å². The number of nitriles is 1. The molecule has 4 nitrogen and oxygen atoms in total. The molecule has 1 rings (SSSR count). The fraction of sp³-hybridized carbons (Fsp3) is 0.933. The smallest absolute Gasteiger partial charge is 0.106 e. The summed E-state index contributed by atoms with van der Waals surface area (Å²) in [4.78, 5) is 4.91. The van der Waals surface area contributed by atoms with Gasteiger partial charge in [-0.2, -0.15) is 5.26 Å². The van der Waals surface area contributed by atoms with Crippen LogP contribution in [0.5, 0.6) is 0 Å². The van der Waals surface area contributed by atoms with Crippen molar-refractivity contribution in [1.82, 2.24) is 15.1 Å². The molecule has 0 amide bonds. The molecule has 19 heavy (non-hydrogen) atoms. The molecule has 1 atom stereocenters. The van der Waals surface area contributed by atoms with Crippen molar-refractivity contribution in [2.24, 2.45) is 0 Å². The van der Waals surface area contributed by atoms with Gasteiger partial charge in [-0.05, 0) is 45.8 Å². The second-order valence-electron chi connectivity index (χ2n) is 5.72. The molecule has 1 unspecified atom stereocenters. The van der Waals surface area contributed by atoms with Crippen LogP contribution in [0, 0.1) is 11.3 Å². The van der Waals surface area contributed by atoms with Crippen LogP contribution in [0.15, 0.2) is 0 Å². The van der Waals surface area contributed by atoms with E-state index in [1.807, 2.05) is 0 Å². The maximum atomic E-state index is 9.44. The van der Waals surface area contributed by atoms with Gasteiger partial charge in [0, 0.05) is 26.2 Å². The van der Waals surface area contributed by atoms with E-state index in [4.69, 9.17) is 0 Å². The third kappa shape index (κ3) is 5.48. The van der Waals surface area contributed by atoms with Crippen molar-refractivity contribution in [3.63, 3.8) is 0 Å². The number of nitrogens with one attached hydrogen (secondary N) is 1. The maximum absolute atomic E-state index is 9.44. The molecule has 110 valence electrons. The Labute approximate surface area is 118 Å². The van der Waals surface area contributed by atoms with E-state index in [1.165, 1.54) is 26.2 Å². The van der Waals surface area contributed by atoms with Gasteiger partial charge in [0.1, 0.15) is 5.54 Å². The zero-order chi connectivity index (χ0) is 14.1. The maximum Gasteiger partial charge on any atom is 0.106 e. The highest BCUT2D eigenvalue weighted by Crippen LogP contribution is 2.17. The minimum atomic E-state index is -0.303. The average Bonchev–Trinajstić information content (AvgIpc) is 2.45. The van der Waals surface area contributed by atoms with Gasteiger partial charge < -0.3 is 9.80 Å². The Kier molecular flexibility index (Phi) is 7.37. The topological polar surface area (TPSA) is 42.3 Å². The average molecular weight is 266 g/mol. The number of hydrogen-bond acceptors (Lipinski definition) is 4. The highest BCUT2D eigenvalue weighted by Gasteiger charge is 2.26. The number of piperazine rings is 1. The van der Waals surface area contributed by atoms with Gasteiger partial charge in [-0.15, -0.1) is 0 Å². The molecular weight excluding hydrogens is 236 g/mol. The molecule has 0 spiro atoms. The molecule has 0 aromatic carbocycles. The van der Waals surface area contributed by atoms with E-state index >= 15 is 0 Å². The highest BCUT2D eigenvalue weighted by molar-refractivity contribution is 5.06. The van der Waals surface area contributed by atoms with Gasteiger partial charge in [-0.25, -0.2) is 0 Å². The van der Waals surface area contributed by atoms with Gasteiger partial charge >= 0.3 is 0 Å². The lowest BCUT2D eigenvalue weighted by Crippen LogP contribution is -2.46. The van der Waals surface area contributed by atoms with Crippen LogP contribution in [-0.2, 0) is 0 Å². The van der Waals surface area contributed by atoms with E-state index in [-0.39, 0.29) is 5.54 Å². The molecule has 4 heteroatoms. The fourth-order valence-electron chi connectivity index (χ4n) is 2.60. The quantitative estimate of drug-likeness (QED) is 0.726. The molecular formula is C15H30N4. The SMILES string of the molecule is CCCNC(C#N)(CC)CCCN1CCN(C)CC1. The van der Waals surface area contributed by atoms with E-state index in [1.54, 1.807) is 0 Å². The van der Waals surface area contributed by atoms with Gasteiger partial charge in [-0.3, -0.25) is 5.32 Å². The summed E-state index contributed by atoms with van der Waals surface area (Å²) in [6.45, 7) is 11.0. The van der Waals surface area contributed by atoms with Crippen molar-refractivity contribution in [3.8, 4) is 6.07 Å². The van der Waals surface area contributed by atoms with Crippen LogP contribution in [0.1, 0.15) is 39.5 Å². The molecule has 1 fully saturated rings. The van der Waals surface area contributed by atoms with Crippen LogP contribution in [-0.4, -0.2) is 61.7 Å². The van der Waals surface area contributed by atoms with E-state index in [2.05, 4.69) is 42.1 Å². The first kappa shape index (κ1) is 16.4. The molecule has 1 aliphatic rings. The molecule has 0 radical (unpaired) electrons. The van der Waals surface area contributed by atoms with Crippen molar-refractivity contribution >= 4 is 0 Å². The Balaban J connectivity index is 2.30. The monoisotopic (exact) mass is 266 g/mol. The fourth-order valence-corrected chi connectivity index (χ4v) is 2.60. The number of rotatable bonds is 8. The standard InChI is InChI=1S/C15H30N4/c1-4-8-17-15(5-2,14-16)7-6-9-19-12-10-18(3)11-13-19/h17H,4-13H2,1-3H3. The zero-order valence-electron chi connectivity index (χ0n) is 12.9. The third-order valence-corrected chi connectivity index (χ3v) is 4.20. The predicted molar refractivity (Wildman–Crippen MR) is 80.1 cm³/mol. The summed E-state index contributed by atoms with van der Waals surface area (Å²) in [6.07, 6.45) is 4.06. The van der Waals surface area contributed by atoms with E-state index in [0.717, 1.165) is 38.8 Å². The van der Waals surface area contributed by atoms with Crippen LogP contribution < -0.4 is 5.32 Å². The van der Waals surface area contributed by atoms with Crippen LogP contribution in [0.3, 0.4) is 0 Å². The lowest BCUT2D eigenvalue weighted by molar-refractivity contribution is 0.149. The molecule has 0 aliphatic carbocycles. The minimum absolute atomic E-state index is 0.303. The van der Waals surface area contributed by atoms with E-state index in [9.17, 15) is 5.26 Å². The van der Waals surface area contributed by atoms with Gasteiger partial charge in [0.25, 0.3) is 0 Å². The van der Waals surface area contributed by atoms with E-state index < -0.39 is 0 Å². The van der Waals surface area contributed by atoms with Crippen molar-refractivity contribution in [1.29, 1.82) is 5.26 Å². The Morgan fingerprint density at radius 2 is 1.89 bits per heavy atom. The molecule has 0 aromatic heterocycles. The van der Waals surface area contributed by atoms with Crippen LogP contribution >= 0.6 is 0 Å². The second kappa shape index (κ2) is 8.52. The van der Waals surface area contributed by atoms with Gasteiger partial charge in [-0.1, -0.05) is 13.8 Å². The van der Waals surface area contributed by atoms with Crippen molar-refractivity contribution in [3.05, 3.63) is 0 Å². The van der Waals surface area contributed by atoms with Crippen molar-refractivity contribution in [2.45, 2.75) is 45.1 Å². The summed E-state index contributed by atoms with van der Waals surface area (Å²) in [7, 11) is 2.18. The van der Waals surface area contributed by atoms with E-state index in [0.29, 0.717) is 0 Å². The summed E-state index contributed by atoms with van der Waals surface area (Å²) in [5, 5.41) is 12.9.